The number of nitrogens with zero attached hydrogens (tertiary/aromatic N) is 3. The molecular formula is C21H21N3O3S. The number of aliphatic hydroxyl groups excluding tert-OH is 1. The molecular weight excluding hydrogens is 374 g/mol. The van der Waals surface area contributed by atoms with Gasteiger partial charge in [0.1, 0.15) is 10.8 Å². The van der Waals surface area contributed by atoms with E-state index in [1.54, 1.807) is 11.1 Å². The van der Waals surface area contributed by atoms with Gasteiger partial charge in [-0.15, -0.1) is 11.3 Å². The van der Waals surface area contributed by atoms with E-state index in [0.29, 0.717) is 25.1 Å². The van der Waals surface area contributed by atoms with Crippen molar-refractivity contribution in [2.45, 2.75) is 25.9 Å². The first-order valence-corrected chi connectivity index (χ1v) is 10.2. The molecule has 1 aliphatic rings. The number of aliphatic hydroxyl groups is 1. The highest BCUT2D eigenvalue weighted by Gasteiger charge is 2.33. The lowest BCUT2D eigenvalue weighted by atomic mass is 10.1. The van der Waals surface area contributed by atoms with Crippen LogP contribution >= 0.6 is 11.3 Å². The predicted molar refractivity (Wildman–Crippen MR) is 110 cm³/mol. The molecule has 2 aromatic heterocycles. The molecule has 0 fully saturated rings. The van der Waals surface area contributed by atoms with Gasteiger partial charge in [0, 0.05) is 30.3 Å². The fraction of sp³-hybridized carbons (Fsp3) is 0.286. The number of benzene rings is 1. The minimum atomic E-state index is -0.480. The predicted octanol–water partition coefficient (Wildman–Crippen LogP) is 3.76. The summed E-state index contributed by atoms with van der Waals surface area (Å²) in [6, 6.07) is 11.5. The SMILES string of the molecule is CCC1Oc2ccc(-c3csc(-c4ccccn4)n3)cc2N(CCCO)C1=O. The topological polar surface area (TPSA) is 75.6 Å². The van der Waals surface area contributed by atoms with Gasteiger partial charge in [0.2, 0.25) is 0 Å². The van der Waals surface area contributed by atoms with E-state index in [2.05, 4.69) is 4.98 Å². The largest absolute Gasteiger partial charge is 0.478 e. The number of ether oxygens (including phenoxy) is 1. The monoisotopic (exact) mass is 395 g/mol. The lowest BCUT2D eigenvalue weighted by Crippen LogP contribution is -2.46. The van der Waals surface area contributed by atoms with Crippen molar-refractivity contribution in [3.05, 3.63) is 48.0 Å². The lowest BCUT2D eigenvalue weighted by molar-refractivity contribution is -0.126. The Morgan fingerprint density at radius 3 is 2.89 bits per heavy atom. The molecule has 1 atom stereocenters. The van der Waals surface area contributed by atoms with Crippen LogP contribution in [0.2, 0.25) is 0 Å². The lowest BCUT2D eigenvalue weighted by Gasteiger charge is -2.34. The number of thiazole rings is 1. The molecule has 0 aliphatic carbocycles. The molecule has 1 amide bonds. The van der Waals surface area contributed by atoms with Crippen LogP contribution in [-0.2, 0) is 4.79 Å². The second-order valence-electron chi connectivity index (χ2n) is 6.52. The minimum absolute atomic E-state index is 0.0377. The van der Waals surface area contributed by atoms with Gasteiger partial charge in [0.05, 0.1) is 17.1 Å². The van der Waals surface area contributed by atoms with E-state index in [-0.39, 0.29) is 12.5 Å². The summed E-state index contributed by atoms with van der Waals surface area (Å²) in [6.07, 6.45) is 2.40. The number of anilines is 1. The molecule has 6 nitrogen and oxygen atoms in total. The third-order valence-electron chi connectivity index (χ3n) is 4.66. The molecule has 1 unspecified atom stereocenters. The van der Waals surface area contributed by atoms with Crippen molar-refractivity contribution < 1.29 is 14.6 Å². The van der Waals surface area contributed by atoms with E-state index in [4.69, 9.17) is 9.72 Å². The average molecular weight is 395 g/mol. The summed E-state index contributed by atoms with van der Waals surface area (Å²) in [5, 5.41) is 12.1. The molecule has 3 aromatic rings. The number of carbonyl (C=O) groups excluding carboxylic acids is 1. The molecule has 28 heavy (non-hydrogen) atoms. The van der Waals surface area contributed by atoms with Crippen LogP contribution in [0.3, 0.4) is 0 Å². The van der Waals surface area contributed by atoms with Crippen LogP contribution in [0.4, 0.5) is 5.69 Å². The Bertz CT molecular complexity index is 974. The third kappa shape index (κ3) is 3.50. The van der Waals surface area contributed by atoms with E-state index in [1.165, 1.54) is 11.3 Å². The molecule has 0 spiro atoms. The van der Waals surface area contributed by atoms with Gasteiger partial charge in [-0.25, -0.2) is 4.98 Å². The minimum Gasteiger partial charge on any atom is -0.478 e. The summed E-state index contributed by atoms with van der Waals surface area (Å²) >= 11 is 1.54. The van der Waals surface area contributed by atoms with Gasteiger partial charge in [0.15, 0.2) is 6.10 Å². The van der Waals surface area contributed by atoms with Gasteiger partial charge in [-0.3, -0.25) is 9.78 Å². The zero-order chi connectivity index (χ0) is 19.5. The summed E-state index contributed by atoms with van der Waals surface area (Å²) in [5.41, 5.74) is 3.32. The summed E-state index contributed by atoms with van der Waals surface area (Å²) in [4.78, 5) is 23.5. The number of aromatic nitrogens is 2. The van der Waals surface area contributed by atoms with Crippen LogP contribution < -0.4 is 9.64 Å². The Morgan fingerprint density at radius 1 is 1.25 bits per heavy atom. The number of carbonyl (C=O) groups is 1. The zero-order valence-corrected chi connectivity index (χ0v) is 16.4. The van der Waals surface area contributed by atoms with Crippen LogP contribution in [0.5, 0.6) is 5.75 Å². The van der Waals surface area contributed by atoms with Crippen LogP contribution in [0, 0.1) is 0 Å². The van der Waals surface area contributed by atoms with Gasteiger partial charge in [0.25, 0.3) is 5.91 Å². The van der Waals surface area contributed by atoms with Gasteiger partial charge >= 0.3 is 0 Å². The Balaban J connectivity index is 1.69. The Kier molecular flexibility index (Phi) is 5.36. The first-order valence-electron chi connectivity index (χ1n) is 9.31. The highest BCUT2D eigenvalue weighted by Crippen LogP contribution is 2.39. The van der Waals surface area contributed by atoms with Crippen molar-refractivity contribution >= 4 is 22.9 Å². The fourth-order valence-electron chi connectivity index (χ4n) is 3.21. The van der Waals surface area contributed by atoms with Crippen molar-refractivity contribution in [1.29, 1.82) is 0 Å². The first-order chi connectivity index (χ1) is 13.7. The van der Waals surface area contributed by atoms with Gasteiger partial charge in [-0.2, -0.15) is 0 Å². The van der Waals surface area contributed by atoms with Crippen LogP contribution in [0.15, 0.2) is 48.0 Å². The van der Waals surface area contributed by atoms with E-state index in [9.17, 15) is 9.90 Å². The van der Waals surface area contributed by atoms with Crippen LogP contribution in [0.25, 0.3) is 22.0 Å². The van der Waals surface area contributed by atoms with Crippen molar-refractivity contribution in [2.24, 2.45) is 0 Å². The van der Waals surface area contributed by atoms with E-state index >= 15 is 0 Å². The summed E-state index contributed by atoms with van der Waals surface area (Å²) in [7, 11) is 0. The third-order valence-corrected chi connectivity index (χ3v) is 5.52. The zero-order valence-electron chi connectivity index (χ0n) is 15.5. The van der Waals surface area contributed by atoms with Gasteiger partial charge in [-0.05, 0) is 43.2 Å². The standard InChI is InChI=1S/C21H21N3O3S/c1-2-18-21(26)24(10-5-11-25)17-12-14(7-8-19(17)27-18)16-13-28-20(23-16)15-6-3-4-9-22-15/h3-4,6-9,12-13,18,25H,2,5,10-11H2,1H3. The molecule has 0 bridgehead atoms. The number of fused-ring (bicyclic) bond motifs is 1. The highest BCUT2D eigenvalue weighted by molar-refractivity contribution is 7.13. The summed E-state index contributed by atoms with van der Waals surface area (Å²) in [5.74, 6) is 0.626. The van der Waals surface area contributed by atoms with Gasteiger partial charge in [-0.1, -0.05) is 13.0 Å². The second-order valence-corrected chi connectivity index (χ2v) is 7.38. The first kappa shape index (κ1) is 18.6. The summed E-state index contributed by atoms with van der Waals surface area (Å²) in [6.45, 7) is 2.43. The molecule has 0 saturated carbocycles. The number of amides is 1. The number of hydrogen-bond acceptors (Lipinski definition) is 6. The normalized spacial score (nSPS) is 16.0. The van der Waals surface area contributed by atoms with E-state index in [0.717, 1.165) is 27.6 Å². The number of rotatable bonds is 6. The molecule has 144 valence electrons. The number of hydrogen-bond donors (Lipinski definition) is 1. The molecule has 0 saturated heterocycles. The quantitative estimate of drug-likeness (QED) is 0.688. The van der Waals surface area contributed by atoms with Crippen molar-refractivity contribution in [3.63, 3.8) is 0 Å². The molecule has 1 aliphatic heterocycles. The maximum Gasteiger partial charge on any atom is 0.268 e. The highest BCUT2D eigenvalue weighted by atomic mass is 32.1. The smallest absolute Gasteiger partial charge is 0.268 e. The molecule has 1 aromatic carbocycles. The molecule has 0 radical (unpaired) electrons. The Morgan fingerprint density at radius 2 is 2.14 bits per heavy atom. The maximum absolute atomic E-state index is 12.8. The Hall–Kier alpha value is -2.77. The summed E-state index contributed by atoms with van der Waals surface area (Å²) < 4.78 is 5.89. The van der Waals surface area contributed by atoms with Crippen molar-refractivity contribution in [1.82, 2.24) is 9.97 Å². The molecule has 7 heteroatoms. The fourth-order valence-corrected chi connectivity index (χ4v) is 4.02. The Labute approximate surface area is 167 Å². The molecule has 4 rings (SSSR count). The van der Waals surface area contributed by atoms with E-state index in [1.807, 2.05) is 48.7 Å². The van der Waals surface area contributed by atoms with Crippen molar-refractivity contribution in [3.8, 4) is 27.7 Å². The van der Waals surface area contributed by atoms with Gasteiger partial charge < -0.3 is 14.7 Å². The molecule has 3 heterocycles. The second kappa shape index (κ2) is 8.08. The van der Waals surface area contributed by atoms with Crippen LogP contribution in [0.1, 0.15) is 19.8 Å². The molecule has 1 N–H and O–H groups in total. The van der Waals surface area contributed by atoms with E-state index < -0.39 is 6.10 Å². The maximum atomic E-state index is 12.8. The number of pyridine rings is 1. The average Bonchev–Trinajstić information content (AvgIpc) is 3.23. The van der Waals surface area contributed by atoms with Crippen molar-refractivity contribution in [2.75, 3.05) is 18.1 Å². The van der Waals surface area contributed by atoms with Crippen LogP contribution in [-0.4, -0.2) is 40.2 Å².